The van der Waals surface area contributed by atoms with Gasteiger partial charge in [0.1, 0.15) is 5.75 Å². The zero-order valence-corrected chi connectivity index (χ0v) is 8.67. The van der Waals surface area contributed by atoms with Crippen molar-refractivity contribution in [2.75, 3.05) is 13.2 Å². The van der Waals surface area contributed by atoms with E-state index >= 15 is 0 Å². The molecular formula is C10H12BClO2. The Morgan fingerprint density at radius 3 is 2.36 bits per heavy atom. The third-order valence-corrected chi connectivity index (χ3v) is 1.99. The Hall–Kier alpha value is -0.665. The number of halogens is 1. The van der Waals surface area contributed by atoms with E-state index in [1.165, 1.54) is 0 Å². The van der Waals surface area contributed by atoms with Gasteiger partial charge in [0, 0.05) is 11.6 Å². The molecule has 0 heterocycles. The quantitative estimate of drug-likeness (QED) is 0.531. The highest BCUT2D eigenvalue weighted by Crippen LogP contribution is 2.15. The average molecular weight is 210 g/mol. The Bertz CT molecular complexity index is 251. The van der Waals surface area contributed by atoms with Gasteiger partial charge >= 0.3 is 0 Å². The van der Waals surface area contributed by atoms with Gasteiger partial charge in [-0.15, -0.1) is 0 Å². The zero-order chi connectivity index (χ0) is 10.2. The summed E-state index contributed by atoms with van der Waals surface area (Å²) in [5.74, 6) is 0.836. The molecule has 0 amide bonds. The van der Waals surface area contributed by atoms with E-state index in [1.807, 2.05) is 12.1 Å². The van der Waals surface area contributed by atoms with Gasteiger partial charge in [0.15, 0.2) is 0 Å². The van der Waals surface area contributed by atoms with Gasteiger partial charge < -0.3 is 9.39 Å². The van der Waals surface area contributed by atoms with Gasteiger partial charge in [-0.2, -0.15) is 0 Å². The van der Waals surface area contributed by atoms with Crippen LogP contribution < -0.4 is 4.74 Å². The first-order valence-corrected chi connectivity index (χ1v) is 4.91. The van der Waals surface area contributed by atoms with Crippen LogP contribution in [0, 0.1) is 0 Å². The molecule has 0 spiro atoms. The molecule has 14 heavy (non-hydrogen) atoms. The first-order chi connectivity index (χ1) is 6.83. The summed E-state index contributed by atoms with van der Waals surface area (Å²) in [7, 11) is 4.88. The number of unbranched alkanes of at least 4 members (excludes halogenated alkanes) is 1. The van der Waals surface area contributed by atoms with Crippen molar-refractivity contribution in [1.29, 1.82) is 0 Å². The summed E-state index contributed by atoms with van der Waals surface area (Å²) < 4.78 is 9.89. The van der Waals surface area contributed by atoms with Crippen LogP contribution in [0.25, 0.3) is 0 Å². The first-order valence-electron chi connectivity index (χ1n) is 4.53. The molecule has 0 saturated heterocycles. The number of rotatable bonds is 6. The molecule has 74 valence electrons. The number of hydrogen-bond donors (Lipinski definition) is 0. The lowest BCUT2D eigenvalue weighted by Crippen LogP contribution is -1.99. The minimum atomic E-state index is 0.573. The Balaban J connectivity index is 2.15. The highest BCUT2D eigenvalue weighted by atomic mass is 35.5. The molecule has 0 atom stereocenters. The average Bonchev–Trinajstić information content (AvgIpc) is 2.21. The fourth-order valence-electron chi connectivity index (χ4n) is 1.01. The molecule has 0 aromatic heterocycles. The summed E-state index contributed by atoms with van der Waals surface area (Å²) in [6, 6.07) is 7.31. The molecule has 1 aromatic carbocycles. The van der Waals surface area contributed by atoms with Gasteiger partial charge in [-0.3, -0.25) is 0 Å². The molecule has 4 heteroatoms. The summed E-state index contributed by atoms with van der Waals surface area (Å²) in [4.78, 5) is 0. The summed E-state index contributed by atoms with van der Waals surface area (Å²) >= 11 is 5.73. The molecule has 2 nitrogen and oxygen atoms in total. The van der Waals surface area contributed by atoms with Crippen molar-refractivity contribution in [3.05, 3.63) is 29.3 Å². The highest BCUT2D eigenvalue weighted by Gasteiger charge is 1.93. The Morgan fingerprint density at radius 2 is 1.71 bits per heavy atom. The number of ether oxygens (including phenoxy) is 1. The molecule has 0 saturated carbocycles. The number of hydrogen-bond acceptors (Lipinski definition) is 2. The van der Waals surface area contributed by atoms with Crippen LogP contribution in [0.5, 0.6) is 5.75 Å². The Morgan fingerprint density at radius 1 is 1.07 bits per heavy atom. The van der Waals surface area contributed by atoms with Crippen molar-refractivity contribution in [2.45, 2.75) is 12.8 Å². The molecule has 0 N–H and O–H groups in total. The third-order valence-electron chi connectivity index (χ3n) is 1.74. The number of benzene rings is 1. The maximum Gasteiger partial charge on any atom is 0.282 e. The van der Waals surface area contributed by atoms with Crippen molar-refractivity contribution in [3.63, 3.8) is 0 Å². The lowest BCUT2D eigenvalue weighted by molar-refractivity contribution is 0.277. The molecule has 0 aliphatic heterocycles. The molecular weight excluding hydrogens is 198 g/mol. The summed E-state index contributed by atoms with van der Waals surface area (Å²) in [6.45, 7) is 1.25. The second-order valence-corrected chi connectivity index (χ2v) is 3.32. The van der Waals surface area contributed by atoms with E-state index in [2.05, 4.69) is 4.65 Å². The van der Waals surface area contributed by atoms with Crippen LogP contribution in [0.2, 0.25) is 5.02 Å². The van der Waals surface area contributed by atoms with Crippen LogP contribution in [0.4, 0.5) is 0 Å². The van der Waals surface area contributed by atoms with Gasteiger partial charge in [0.2, 0.25) is 0 Å². The minimum Gasteiger partial charge on any atom is -0.494 e. The van der Waals surface area contributed by atoms with Crippen LogP contribution in [-0.2, 0) is 4.65 Å². The molecule has 0 fully saturated rings. The van der Waals surface area contributed by atoms with Crippen molar-refractivity contribution in [3.8, 4) is 5.75 Å². The largest absolute Gasteiger partial charge is 0.494 e. The SMILES string of the molecule is [B]OCCCCOc1ccc(Cl)cc1. The van der Waals surface area contributed by atoms with Gasteiger partial charge in [-0.05, 0) is 37.1 Å². The standard InChI is InChI=1S/C10H12BClO2/c11-14-8-2-1-7-13-10-5-3-9(12)4-6-10/h3-6H,1-2,7-8H2. The maximum atomic E-state index is 5.73. The molecule has 2 radical (unpaired) electrons. The Labute approximate surface area is 90.6 Å². The minimum absolute atomic E-state index is 0.573. The zero-order valence-electron chi connectivity index (χ0n) is 7.91. The normalized spacial score (nSPS) is 10.1. The van der Waals surface area contributed by atoms with E-state index in [-0.39, 0.29) is 0 Å². The van der Waals surface area contributed by atoms with E-state index in [4.69, 9.17) is 24.4 Å². The van der Waals surface area contributed by atoms with Crippen LogP contribution >= 0.6 is 11.6 Å². The van der Waals surface area contributed by atoms with Gasteiger partial charge in [0.25, 0.3) is 8.05 Å². The first kappa shape index (κ1) is 11.4. The lowest BCUT2D eigenvalue weighted by atomic mass is 10.3. The fourth-order valence-corrected chi connectivity index (χ4v) is 1.13. The lowest BCUT2D eigenvalue weighted by Gasteiger charge is -2.05. The van der Waals surface area contributed by atoms with E-state index in [0.29, 0.717) is 18.2 Å². The summed E-state index contributed by atoms with van der Waals surface area (Å²) in [6.07, 6.45) is 1.84. The van der Waals surface area contributed by atoms with E-state index in [1.54, 1.807) is 12.1 Å². The molecule has 1 aromatic rings. The van der Waals surface area contributed by atoms with E-state index in [9.17, 15) is 0 Å². The molecule has 0 aliphatic rings. The van der Waals surface area contributed by atoms with Crippen LogP contribution in [0.3, 0.4) is 0 Å². The molecule has 0 aliphatic carbocycles. The van der Waals surface area contributed by atoms with Crippen LogP contribution in [0.1, 0.15) is 12.8 Å². The molecule has 1 rings (SSSR count). The second kappa shape index (κ2) is 6.74. The second-order valence-electron chi connectivity index (χ2n) is 2.88. The van der Waals surface area contributed by atoms with E-state index in [0.717, 1.165) is 18.6 Å². The van der Waals surface area contributed by atoms with Crippen molar-refractivity contribution in [1.82, 2.24) is 0 Å². The highest BCUT2D eigenvalue weighted by molar-refractivity contribution is 6.30. The predicted molar refractivity (Wildman–Crippen MR) is 57.9 cm³/mol. The van der Waals surface area contributed by atoms with Gasteiger partial charge in [-0.25, -0.2) is 0 Å². The van der Waals surface area contributed by atoms with Crippen molar-refractivity contribution < 1.29 is 9.39 Å². The van der Waals surface area contributed by atoms with E-state index < -0.39 is 0 Å². The summed E-state index contributed by atoms with van der Waals surface area (Å²) in [5.41, 5.74) is 0. The van der Waals surface area contributed by atoms with Gasteiger partial charge in [0.05, 0.1) is 6.61 Å². The third kappa shape index (κ3) is 4.54. The molecule has 0 bridgehead atoms. The van der Waals surface area contributed by atoms with Crippen molar-refractivity contribution in [2.24, 2.45) is 0 Å². The predicted octanol–water partition coefficient (Wildman–Crippen LogP) is 2.60. The summed E-state index contributed by atoms with van der Waals surface area (Å²) in [5, 5.41) is 0.717. The monoisotopic (exact) mass is 210 g/mol. The Kier molecular flexibility index (Phi) is 5.49. The smallest absolute Gasteiger partial charge is 0.282 e. The van der Waals surface area contributed by atoms with Crippen LogP contribution in [0.15, 0.2) is 24.3 Å². The van der Waals surface area contributed by atoms with Gasteiger partial charge in [-0.1, -0.05) is 11.6 Å². The fraction of sp³-hybridized carbons (Fsp3) is 0.400. The molecule has 0 unspecified atom stereocenters. The topological polar surface area (TPSA) is 18.5 Å². The van der Waals surface area contributed by atoms with Crippen LogP contribution in [-0.4, -0.2) is 21.3 Å². The maximum absolute atomic E-state index is 5.73. The van der Waals surface area contributed by atoms with Crippen molar-refractivity contribution >= 4 is 19.7 Å².